The first-order chi connectivity index (χ1) is 16.3. The molecule has 1 N–H and O–H groups in total. The van der Waals surface area contributed by atoms with E-state index in [0.29, 0.717) is 17.7 Å². The van der Waals surface area contributed by atoms with Crippen LogP contribution in [-0.2, 0) is 4.74 Å². The second kappa shape index (κ2) is 8.14. The molecule has 0 atom stereocenters. The lowest BCUT2D eigenvalue weighted by atomic mass is 10.1. The van der Waals surface area contributed by atoms with Crippen LogP contribution < -0.4 is 10.3 Å². The van der Waals surface area contributed by atoms with Gasteiger partial charge in [-0.3, -0.25) is 9.78 Å². The number of H-pyrrole nitrogens is 1. The molecule has 1 fully saturated rings. The summed E-state index contributed by atoms with van der Waals surface area (Å²) in [7, 11) is 0. The third-order valence-corrected chi connectivity index (χ3v) is 6.02. The largest absolute Gasteiger partial charge is 0.380 e. The maximum Gasteiger partial charge on any atom is 0.191 e. The first kappa shape index (κ1) is 19.6. The number of anilines is 1. The van der Waals surface area contributed by atoms with Crippen LogP contribution in [0.15, 0.2) is 71.8 Å². The number of aromatic nitrogens is 5. The molecule has 0 bridgehead atoms. The zero-order chi connectivity index (χ0) is 22.2. The predicted octanol–water partition coefficient (Wildman–Crippen LogP) is 3.55. The summed E-state index contributed by atoms with van der Waals surface area (Å²) in [5.74, 6) is 0.802. The minimum Gasteiger partial charge on any atom is -0.380 e. The number of hydrogen-bond donors (Lipinski definition) is 1. The van der Waals surface area contributed by atoms with Crippen LogP contribution in [0.2, 0.25) is 0 Å². The molecule has 1 aliphatic rings. The van der Waals surface area contributed by atoms with Crippen LogP contribution in [-0.4, -0.2) is 51.3 Å². The molecule has 1 saturated heterocycles. The fourth-order valence-corrected chi connectivity index (χ4v) is 4.33. The average Bonchev–Trinajstić information content (AvgIpc) is 3.18. The van der Waals surface area contributed by atoms with Gasteiger partial charge in [0.1, 0.15) is 11.5 Å². The van der Waals surface area contributed by atoms with Gasteiger partial charge in [-0.15, -0.1) is 5.10 Å². The van der Waals surface area contributed by atoms with Crippen LogP contribution in [0.4, 0.5) is 5.82 Å². The Morgan fingerprint density at radius 1 is 1.00 bits per heavy atom. The van der Waals surface area contributed by atoms with Crippen LogP contribution in [0, 0.1) is 0 Å². The third kappa shape index (κ3) is 3.64. The fourth-order valence-electron chi connectivity index (χ4n) is 4.33. The molecule has 2 aromatic carbocycles. The summed E-state index contributed by atoms with van der Waals surface area (Å²) >= 11 is 0. The summed E-state index contributed by atoms with van der Waals surface area (Å²) in [6, 6.07) is 17.3. The second-order valence-electron chi connectivity index (χ2n) is 8.13. The molecule has 0 spiro atoms. The van der Waals surface area contributed by atoms with Crippen molar-refractivity contribution in [2.24, 2.45) is 0 Å². The Kier molecular flexibility index (Phi) is 4.84. The first-order valence-corrected chi connectivity index (χ1v) is 11.0. The van der Waals surface area contributed by atoms with Gasteiger partial charge in [0.25, 0.3) is 0 Å². The van der Waals surface area contributed by atoms with Crippen LogP contribution >= 0.6 is 0 Å². The number of rotatable bonds is 3. The van der Waals surface area contributed by atoms with Crippen LogP contribution in [0.3, 0.4) is 0 Å². The molecule has 5 aromatic rings. The minimum absolute atomic E-state index is 0.0168. The summed E-state index contributed by atoms with van der Waals surface area (Å²) in [6.45, 7) is 2.98. The quantitative estimate of drug-likeness (QED) is 0.463. The van der Waals surface area contributed by atoms with E-state index in [1.165, 1.54) is 0 Å². The molecule has 3 aromatic heterocycles. The molecule has 0 unspecified atom stereocenters. The van der Waals surface area contributed by atoms with E-state index in [0.717, 1.165) is 59.6 Å². The smallest absolute Gasteiger partial charge is 0.191 e. The Morgan fingerprint density at radius 3 is 2.91 bits per heavy atom. The lowest BCUT2D eigenvalue weighted by Crippen LogP contribution is -2.28. The number of nitrogens with zero attached hydrogens (tertiary/aromatic N) is 5. The van der Waals surface area contributed by atoms with Crippen molar-refractivity contribution in [3.8, 4) is 16.9 Å². The molecule has 0 aliphatic carbocycles. The Morgan fingerprint density at radius 2 is 1.94 bits per heavy atom. The normalized spacial score (nSPS) is 14.6. The highest BCUT2D eigenvalue weighted by molar-refractivity contribution is 5.93. The molecule has 8 nitrogen and oxygen atoms in total. The number of ether oxygens (including phenoxy) is 1. The summed E-state index contributed by atoms with van der Waals surface area (Å²) in [5.41, 5.74) is 4.01. The van der Waals surface area contributed by atoms with E-state index in [1.54, 1.807) is 16.9 Å². The van der Waals surface area contributed by atoms with Crippen molar-refractivity contribution < 1.29 is 4.74 Å². The number of fused-ring (bicyclic) bond motifs is 2. The average molecular weight is 438 g/mol. The van der Waals surface area contributed by atoms with Gasteiger partial charge in [-0.2, -0.15) is 0 Å². The first-order valence-electron chi connectivity index (χ1n) is 11.0. The van der Waals surface area contributed by atoms with Gasteiger partial charge in [0.15, 0.2) is 5.43 Å². The molecular weight excluding hydrogens is 416 g/mol. The van der Waals surface area contributed by atoms with Gasteiger partial charge in [0.2, 0.25) is 0 Å². The highest BCUT2D eigenvalue weighted by atomic mass is 16.5. The van der Waals surface area contributed by atoms with Gasteiger partial charge in [-0.1, -0.05) is 35.5 Å². The molecule has 0 radical (unpaired) electrons. The highest BCUT2D eigenvalue weighted by Crippen LogP contribution is 2.27. The van der Waals surface area contributed by atoms with Gasteiger partial charge in [-0.05, 0) is 24.6 Å². The van der Waals surface area contributed by atoms with Crippen molar-refractivity contribution in [1.82, 2.24) is 25.0 Å². The number of para-hydroxylation sites is 2. The molecular formula is C25H22N6O2. The van der Waals surface area contributed by atoms with E-state index in [4.69, 9.17) is 4.74 Å². The van der Waals surface area contributed by atoms with Crippen molar-refractivity contribution in [2.75, 3.05) is 31.2 Å². The van der Waals surface area contributed by atoms with Gasteiger partial charge in [0.05, 0.1) is 35.7 Å². The number of aromatic amines is 1. The number of hydrogen-bond acceptors (Lipinski definition) is 6. The number of benzene rings is 2. The van der Waals surface area contributed by atoms with E-state index < -0.39 is 0 Å². The molecule has 1 aliphatic heterocycles. The third-order valence-electron chi connectivity index (χ3n) is 6.02. The van der Waals surface area contributed by atoms with Crippen molar-refractivity contribution in [1.29, 1.82) is 0 Å². The Balaban J connectivity index is 1.43. The van der Waals surface area contributed by atoms with E-state index in [1.807, 2.05) is 54.7 Å². The van der Waals surface area contributed by atoms with Crippen molar-refractivity contribution in [3.63, 3.8) is 0 Å². The standard InChI is InChI=1S/C25H22N6O2/c32-23-14-24(30-9-4-11-33-12-10-30)27-25-19(6-3-7-20(23)25)22-16-31(29-28-22)18-13-17-5-1-2-8-21(17)26-15-18/h1-3,5-8,13-16H,4,9-12H2,(H,27,32). The molecule has 164 valence electrons. The van der Waals surface area contributed by atoms with Gasteiger partial charge < -0.3 is 14.6 Å². The summed E-state index contributed by atoms with van der Waals surface area (Å²) in [4.78, 5) is 23.1. The predicted molar refractivity (Wildman–Crippen MR) is 128 cm³/mol. The molecule has 8 heteroatoms. The van der Waals surface area contributed by atoms with E-state index in [9.17, 15) is 4.79 Å². The van der Waals surface area contributed by atoms with Crippen molar-refractivity contribution in [2.45, 2.75) is 6.42 Å². The monoisotopic (exact) mass is 438 g/mol. The molecule has 0 amide bonds. The zero-order valence-corrected chi connectivity index (χ0v) is 17.9. The van der Waals surface area contributed by atoms with E-state index in [-0.39, 0.29) is 5.43 Å². The van der Waals surface area contributed by atoms with E-state index in [2.05, 4.69) is 25.2 Å². The lowest BCUT2D eigenvalue weighted by molar-refractivity contribution is 0.152. The van der Waals surface area contributed by atoms with Gasteiger partial charge >= 0.3 is 0 Å². The molecule has 0 saturated carbocycles. The highest BCUT2D eigenvalue weighted by Gasteiger charge is 2.16. The second-order valence-corrected chi connectivity index (χ2v) is 8.13. The minimum atomic E-state index is -0.0168. The summed E-state index contributed by atoms with van der Waals surface area (Å²) in [5, 5.41) is 10.4. The Bertz CT molecular complexity index is 1510. The van der Waals surface area contributed by atoms with Crippen molar-refractivity contribution in [3.05, 3.63) is 77.2 Å². The topological polar surface area (TPSA) is 88.9 Å². The maximum absolute atomic E-state index is 12.9. The van der Waals surface area contributed by atoms with E-state index >= 15 is 0 Å². The molecule has 4 heterocycles. The maximum atomic E-state index is 12.9. The molecule has 33 heavy (non-hydrogen) atoms. The van der Waals surface area contributed by atoms with Gasteiger partial charge in [0, 0.05) is 42.1 Å². The number of nitrogens with one attached hydrogen (secondary N) is 1. The van der Waals surface area contributed by atoms with Crippen LogP contribution in [0.1, 0.15) is 6.42 Å². The lowest BCUT2D eigenvalue weighted by Gasteiger charge is -2.22. The van der Waals surface area contributed by atoms with Crippen molar-refractivity contribution >= 4 is 27.6 Å². The molecule has 6 rings (SSSR count). The SMILES string of the molecule is O=c1cc(N2CCCOCC2)[nH]c2c(-c3cn(-c4cnc5ccccc5c4)nn3)cccc12. The number of pyridine rings is 2. The Hall–Kier alpha value is -4.04. The van der Waals surface area contributed by atoms with Crippen LogP contribution in [0.5, 0.6) is 0 Å². The summed E-state index contributed by atoms with van der Waals surface area (Å²) in [6.07, 6.45) is 4.58. The zero-order valence-electron chi connectivity index (χ0n) is 17.9. The summed E-state index contributed by atoms with van der Waals surface area (Å²) < 4.78 is 7.28. The Labute approximate surface area is 189 Å². The van der Waals surface area contributed by atoms with Crippen LogP contribution in [0.25, 0.3) is 38.8 Å². The van der Waals surface area contributed by atoms with Gasteiger partial charge in [-0.25, -0.2) is 4.68 Å². The fraction of sp³-hybridized carbons (Fsp3) is 0.200.